The first-order chi connectivity index (χ1) is 7.15. The third-order valence-corrected chi connectivity index (χ3v) is 3.25. The molecule has 0 unspecified atom stereocenters. The normalized spacial score (nSPS) is 14.3. The molecule has 0 spiro atoms. The molecule has 0 aliphatic rings. The minimum absolute atomic E-state index is 0.000139. The van der Waals surface area contributed by atoms with Crippen LogP contribution in [0.15, 0.2) is 35.2 Å². The van der Waals surface area contributed by atoms with Crippen LogP contribution in [0.2, 0.25) is 0 Å². The maximum absolute atomic E-state index is 11.2. The van der Waals surface area contributed by atoms with Crippen molar-refractivity contribution in [2.45, 2.75) is 23.1 Å². The van der Waals surface area contributed by atoms with Crippen molar-refractivity contribution >= 4 is 17.7 Å². The minimum Gasteiger partial charge on any atom is -0.468 e. The van der Waals surface area contributed by atoms with Crippen LogP contribution in [0.1, 0.15) is 6.92 Å². The van der Waals surface area contributed by atoms with E-state index in [0.717, 1.165) is 4.90 Å². The number of hydrogen-bond acceptors (Lipinski definition) is 4. The Bertz CT molecular complexity index is 316. The van der Waals surface area contributed by atoms with E-state index in [4.69, 9.17) is 5.73 Å². The Morgan fingerprint density at radius 1 is 1.40 bits per heavy atom. The third kappa shape index (κ3) is 3.57. The first kappa shape index (κ1) is 12.1. The zero-order valence-electron chi connectivity index (χ0n) is 8.84. The van der Waals surface area contributed by atoms with Gasteiger partial charge in [-0.1, -0.05) is 25.1 Å². The molecule has 4 heteroatoms. The number of carbonyl (C=O) groups excluding carboxylic acids is 1. The molecule has 0 aromatic heterocycles. The molecule has 0 radical (unpaired) electrons. The van der Waals surface area contributed by atoms with Gasteiger partial charge in [0.1, 0.15) is 6.04 Å². The average molecular weight is 225 g/mol. The second-order valence-corrected chi connectivity index (χ2v) is 4.64. The highest BCUT2D eigenvalue weighted by Gasteiger charge is 2.22. The molecule has 3 nitrogen and oxygen atoms in total. The van der Waals surface area contributed by atoms with E-state index in [1.807, 2.05) is 37.3 Å². The first-order valence-electron chi connectivity index (χ1n) is 4.70. The minimum atomic E-state index is -0.583. The Morgan fingerprint density at radius 2 is 2.00 bits per heavy atom. The Labute approximate surface area is 94.0 Å². The first-order valence-corrected chi connectivity index (χ1v) is 5.58. The second-order valence-electron chi connectivity index (χ2n) is 3.18. The van der Waals surface area contributed by atoms with Gasteiger partial charge in [-0.05, 0) is 12.1 Å². The van der Waals surface area contributed by atoms with E-state index in [2.05, 4.69) is 4.74 Å². The van der Waals surface area contributed by atoms with E-state index in [1.165, 1.54) is 7.11 Å². The summed E-state index contributed by atoms with van der Waals surface area (Å²) in [5.41, 5.74) is 5.72. The molecular weight excluding hydrogens is 210 g/mol. The van der Waals surface area contributed by atoms with Crippen molar-refractivity contribution < 1.29 is 9.53 Å². The molecule has 0 aliphatic carbocycles. The Morgan fingerprint density at radius 3 is 2.53 bits per heavy atom. The highest BCUT2D eigenvalue weighted by atomic mass is 32.2. The molecule has 0 saturated heterocycles. The standard InChI is InChI=1S/C11H15NO2S/c1-8(10(12)11(13)14-2)15-9-6-4-3-5-7-9/h3-8,10H,12H2,1-2H3/t8-,10+/m0/s1. The van der Waals surface area contributed by atoms with Crippen molar-refractivity contribution in [2.24, 2.45) is 5.73 Å². The van der Waals surface area contributed by atoms with E-state index in [9.17, 15) is 4.79 Å². The Kier molecular flexibility index (Phi) is 4.65. The fourth-order valence-electron chi connectivity index (χ4n) is 1.11. The quantitative estimate of drug-likeness (QED) is 0.625. The molecule has 2 N–H and O–H groups in total. The van der Waals surface area contributed by atoms with Gasteiger partial charge in [-0.3, -0.25) is 4.79 Å². The summed E-state index contributed by atoms with van der Waals surface area (Å²) in [6.07, 6.45) is 0. The molecule has 0 fully saturated rings. The van der Waals surface area contributed by atoms with Crippen LogP contribution in [0.4, 0.5) is 0 Å². The lowest BCUT2D eigenvalue weighted by atomic mass is 10.2. The molecule has 15 heavy (non-hydrogen) atoms. The van der Waals surface area contributed by atoms with Crippen molar-refractivity contribution in [2.75, 3.05) is 7.11 Å². The van der Waals surface area contributed by atoms with Gasteiger partial charge in [0.15, 0.2) is 0 Å². The fourth-order valence-corrected chi connectivity index (χ4v) is 2.12. The van der Waals surface area contributed by atoms with Crippen molar-refractivity contribution in [3.05, 3.63) is 30.3 Å². The monoisotopic (exact) mass is 225 g/mol. The molecule has 1 aromatic carbocycles. The van der Waals surface area contributed by atoms with E-state index in [0.29, 0.717) is 0 Å². The number of esters is 1. The summed E-state index contributed by atoms with van der Waals surface area (Å²) in [4.78, 5) is 12.3. The van der Waals surface area contributed by atoms with Gasteiger partial charge in [-0.15, -0.1) is 11.8 Å². The Hall–Kier alpha value is -1.00. The molecule has 0 saturated carbocycles. The smallest absolute Gasteiger partial charge is 0.323 e. The van der Waals surface area contributed by atoms with Gasteiger partial charge in [0.05, 0.1) is 7.11 Å². The number of thioether (sulfide) groups is 1. The number of rotatable bonds is 4. The van der Waals surface area contributed by atoms with Gasteiger partial charge in [-0.2, -0.15) is 0 Å². The molecule has 0 aliphatic heterocycles. The summed E-state index contributed by atoms with van der Waals surface area (Å²) in [5.74, 6) is -0.370. The lowest BCUT2D eigenvalue weighted by molar-refractivity contribution is -0.142. The number of nitrogens with two attached hydrogens (primary N) is 1. The van der Waals surface area contributed by atoms with Crippen molar-refractivity contribution in [3.63, 3.8) is 0 Å². The van der Waals surface area contributed by atoms with Gasteiger partial charge in [-0.25, -0.2) is 0 Å². The fraction of sp³-hybridized carbons (Fsp3) is 0.364. The molecule has 1 rings (SSSR count). The summed E-state index contributed by atoms with van der Waals surface area (Å²) in [6.45, 7) is 1.92. The van der Waals surface area contributed by atoms with Crippen LogP contribution in [0.5, 0.6) is 0 Å². The predicted octanol–water partition coefficient (Wildman–Crippen LogP) is 1.67. The SMILES string of the molecule is COC(=O)[C@H](N)[C@H](C)Sc1ccccc1. The van der Waals surface area contributed by atoms with E-state index in [1.54, 1.807) is 11.8 Å². The van der Waals surface area contributed by atoms with Gasteiger partial charge in [0.2, 0.25) is 0 Å². The number of carbonyl (C=O) groups is 1. The highest BCUT2D eigenvalue weighted by molar-refractivity contribution is 8.00. The molecule has 0 amide bonds. The second kappa shape index (κ2) is 5.78. The van der Waals surface area contributed by atoms with Crippen LogP contribution < -0.4 is 5.73 Å². The molecule has 2 atom stereocenters. The van der Waals surface area contributed by atoms with Gasteiger partial charge in [0.25, 0.3) is 0 Å². The van der Waals surface area contributed by atoms with Gasteiger partial charge >= 0.3 is 5.97 Å². The van der Waals surface area contributed by atoms with Crippen LogP contribution in [0.25, 0.3) is 0 Å². The van der Waals surface area contributed by atoms with E-state index < -0.39 is 6.04 Å². The molecule has 0 heterocycles. The van der Waals surface area contributed by atoms with Gasteiger partial charge < -0.3 is 10.5 Å². The van der Waals surface area contributed by atoms with Crippen LogP contribution in [-0.4, -0.2) is 24.4 Å². The Balaban J connectivity index is 2.56. The van der Waals surface area contributed by atoms with Crippen LogP contribution in [-0.2, 0) is 9.53 Å². The average Bonchev–Trinajstić information content (AvgIpc) is 2.28. The molecule has 82 valence electrons. The van der Waals surface area contributed by atoms with Crippen molar-refractivity contribution in [3.8, 4) is 0 Å². The summed E-state index contributed by atoms with van der Waals surface area (Å²) in [7, 11) is 1.35. The summed E-state index contributed by atoms with van der Waals surface area (Å²) >= 11 is 1.57. The van der Waals surface area contributed by atoms with Crippen LogP contribution >= 0.6 is 11.8 Å². The van der Waals surface area contributed by atoms with E-state index >= 15 is 0 Å². The van der Waals surface area contributed by atoms with Crippen LogP contribution in [0.3, 0.4) is 0 Å². The highest BCUT2D eigenvalue weighted by Crippen LogP contribution is 2.24. The van der Waals surface area contributed by atoms with Crippen molar-refractivity contribution in [1.82, 2.24) is 0 Å². The predicted molar refractivity (Wildman–Crippen MR) is 61.8 cm³/mol. The summed E-state index contributed by atoms with van der Waals surface area (Å²) in [6, 6.07) is 9.27. The third-order valence-electron chi connectivity index (χ3n) is 2.04. The van der Waals surface area contributed by atoms with Gasteiger partial charge in [0, 0.05) is 10.1 Å². The molecule has 1 aromatic rings. The summed E-state index contributed by atoms with van der Waals surface area (Å²) < 4.78 is 4.59. The number of methoxy groups -OCH3 is 1. The zero-order valence-corrected chi connectivity index (χ0v) is 9.66. The topological polar surface area (TPSA) is 52.3 Å². The maximum Gasteiger partial charge on any atom is 0.323 e. The molecule has 0 bridgehead atoms. The number of ether oxygens (including phenoxy) is 1. The lowest BCUT2D eigenvalue weighted by Crippen LogP contribution is -2.39. The number of benzene rings is 1. The lowest BCUT2D eigenvalue weighted by Gasteiger charge is -2.16. The molecular formula is C11H15NO2S. The maximum atomic E-state index is 11.2. The zero-order chi connectivity index (χ0) is 11.3. The summed E-state index contributed by atoms with van der Waals surface area (Å²) in [5, 5.41) is -0.000139. The largest absolute Gasteiger partial charge is 0.468 e. The van der Waals surface area contributed by atoms with Crippen LogP contribution in [0, 0.1) is 0 Å². The number of hydrogen-bond donors (Lipinski definition) is 1. The van der Waals surface area contributed by atoms with Crippen molar-refractivity contribution in [1.29, 1.82) is 0 Å². The van der Waals surface area contributed by atoms with E-state index in [-0.39, 0.29) is 11.2 Å².